The van der Waals surface area contributed by atoms with E-state index in [1.54, 1.807) is 13.2 Å². The molecule has 0 fully saturated rings. The lowest BCUT2D eigenvalue weighted by Gasteiger charge is -2.09. The van der Waals surface area contributed by atoms with Crippen molar-refractivity contribution in [2.24, 2.45) is 0 Å². The zero-order valence-electron chi connectivity index (χ0n) is 11.3. The molecule has 0 atom stereocenters. The second-order valence-electron chi connectivity index (χ2n) is 4.39. The Labute approximate surface area is 117 Å². The number of aryl methyl sites for hydroxylation is 2. The van der Waals surface area contributed by atoms with E-state index in [0.717, 1.165) is 10.8 Å². The van der Waals surface area contributed by atoms with Gasteiger partial charge in [0, 0.05) is 25.1 Å². The Morgan fingerprint density at radius 1 is 1.32 bits per heavy atom. The number of carbonyl (C=O) groups is 1. The number of hydrogen-bond acceptors (Lipinski definition) is 3. The zero-order chi connectivity index (χ0) is 13.8. The fourth-order valence-corrected chi connectivity index (χ4v) is 2.73. The van der Waals surface area contributed by atoms with Gasteiger partial charge < -0.3 is 5.32 Å². The molecule has 2 rings (SSSR count). The Kier molecular flexibility index (Phi) is 4.27. The maximum Gasteiger partial charge on any atom is 0.230 e. The van der Waals surface area contributed by atoms with Gasteiger partial charge in [-0.05, 0) is 37.1 Å². The van der Waals surface area contributed by atoms with Gasteiger partial charge >= 0.3 is 0 Å². The first-order chi connectivity index (χ1) is 9.10. The second kappa shape index (κ2) is 5.93. The number of aromatic nitrogens is 2. The summed E-state index contributed by atoms with van der Waals surface area (Å²) in [5, 5.41) is 3.44. The maximum atomic E-state index is 11.3. The van der Waals surface area contributed by atoms with Gasteiger partial charge in [0.2, 0.25) is 5.91 Å². The average Bonchev–Trinajstić information content (AvgIpc) is 2.83. The molecule has 1 aromatic heterocycles. The number of thioether (sulfide) groups is 1. The van der Waals surface area contributed by atoms with Gasteiger partial charge in [0.1, 0.15) is 0 Å². The molecule has 2 aromatic rings. The zero-order valence-corrected chi connectivity index (χ0v) is 12.1. The van der Waals surface area contributed by atoms with Crippen LogP contribution in [0.5, 0.6) is 0 Å². The number of benzene rings is 1. The molecule has 100 valence electrons. The molecule has 0 aliphatic carbocycles. The first kappa shape index (κ1) is 13.7. The summed E-state index contributed by atoms with van der Waals surface area (Å²) in [5.41, 5.74) is 3.51. The first-order valence-electron chi connectivity index (χ1n) is 6.05. The van der Waals surface area contributed by atoms with Crippen LogP contribution in [0.2, 0.25) is 0 Å². The molecule has 19 heavy (non-hydrogen) atoms. The van der Waals surface area contributed by atoms with Crippen molar-refractivity contribution in [2.45, 2.75) is 19.0 Å². The highest BCUT2D eigenvalue weighted by molar-refractivity contribution is 7.99. The molecule has 1 aromatic carbocycles. The van der Waals surface area contributed by atoms with E-state index in [1.165, 1.54) is 22.9 Å². The molecule has 1 heterocycles. The number of hydrogen-bond donors (Lipinski definition) is 1. The second-order valence-corrected chi connectivity index (χ2v) is 5.33. The topological polar surface area (TPSA) is 46.9 Å². The minimum absolute atomic E-state index is 0.0000252. The van der Waals surface area contributed by atoms with Crippen LogP contribution in [0, 0.1) is 13.8 Å². The number of imidazole rings is 1. The molecule has 0 aliphatic rings. The van der Waals surface area contributed by atoms with Crippen molar-refractivity contribution in [1.82, 2.24) is 14.9 Å². The average molecular weight is 275 g/mol. The summed E-state index contributed by atoms with van der Waals surface area (Å²) in [6.07, 6.45) is 3.67. The lowest BCUT2D eigenvalue weighted by atomic mass is 10.1. The van der Waals surface area contributed by atoms with Crippen molar-refractivity contribution in [3.05, 3.63) is 41.7 Å². The SMILES string of the molecule is CNC(=O)CSc1nccn1-c1cc(C)cc(C)c1. The maximum absolute atomic E-state index is 11.3. The summed E-state index contributed by atoms with van der Waals surface area (Å²) in [6.45, 7) is 4.15. The molecule has 1 N–H and O–H groups in total. The van der Waals surface area contributed by atoms with Gasteiger partial charge in [0.25, 0.3) is 0 Å². The third kappa shape index (κ3) is 3.38. The van der Waals surface area contributed by atoms with Gasteiger partial charge in [0.05, 0.1) is 5.75 Å². The molecule has 0 saturated carbocycles. The fraction of sp³-hybridized carbons (Fsp3) is 0.286. The third-order valence-corrected chi connectivity index (χ3v) is 3.67. The number of nitrogens with one attached hydrogen (secondary N) is 1. The molecular weight excluding hydrogens is 258 g/mol. The van der Waals surface area contributed by atoms with Gasteiger partial charge in [-0.25, -0.2) is 4.98 Å². The van der Waals surface area contributed by atoms with Crippen LogP contribution in [0.1, 0.15) is 11.1 Å². The summed E-state index contributed by atoms with van der Waals surface area (Å²) in [4.78, 5) is 15.6. The summed E-state index contributed by atoms with van der Waals surface area (Å²) in [7, 11) is 1.64. The normalized spacial score (nSPS) is 10.5. The predicted octanol–water partition coefficient (Wildman–Crippen LogP) is 2.33. The number of nitrogens with zero attached hydrogens (tertiary/aromatic N) is 2. The van der Waals surface area contributed by atoms with Crippen LogP contribution in [0.3, 0.4) is 0 Å². The fourth-order valence-electron chi connectivity index (χ4n) is 1.89. The van der Waals surface area contributed by atoms with E-state index in [0.29, 0.717) is 5.75 Å². The lowest BCUT2D eigenvalue weighted by Crippen LogP contribution is -2.20. The molecule has 4 nitrogen and oxygen atoms in total. The van der Waals surface area contributed by atoms with Crippen molar-refractivity contribution in [3.63, 3.8) is 0 Å². The summed E-state index contributed by atoms with van der Waals surface area (Å²) in [5.74, 6) is 0.373. The van der Waals surface area contributed by atoms with Crippen LogP contribution in [0.15, 0.2) is 35.7 Å². The Bertz CT molecular complexity index is 572. The highest BCUT2D eigenvalue weighted by atomic mass is 32.2. The minimum atomic E-state index is -0.0000252. The monoisotopic (exact) mass is 275 g/mol. The van der Waals surface area contributed by atoms with Crippen LogP contribution in [-0.2, 0) is 4.79 Å². The standard InChI is InChI=1S/C14H17N3OS/c1-10-6-11(2)8-12(7-10)17-5-4-16-14(17)19-9-13(18)15-3/h4-8H,9H2,1-3H3,(H,15,18). The molecule has 0 radical (unpaired) electrons. The van der Waals surface area contributed by atoms with E-state index in [2.05, 4.69) is 42.3 Å². The molecular formula is C14H17N3OS. The summed E-state index contributed by atoms with van der Waals surface area (Å²) < 4.78 is 2.01. The van der Waals surface area contributed by atoms with Gasteiger partial charge in [-0.2, -0.15) is 0 Å². The van der Waals surface area contributed by atoms with Gasteiger partial charge in [0.15, 0.2) is 5.16 Å². The van der Waals surface area contributed by atoms with E-state index >= 15 is 0 Å². The minimum Gasteiger partial charge on any atom is -0.358 e. The van der Waals surface area contributed by atoms with Crippen LogP contribution in [-0.4, -0.2) is 28.3 Å². The molecule has 0 unspecified atom stereocenters. The Balaban J connectivity index is 2.25. The van der Waals surface area contributed by atoms with Crippen molar-refractivity contribution in [2.75, 3.05) is 12.8 Å². The van der Waals surface area contributed by atoms with Crippen LogP contribution in [0.25, 0.3) is 5.69 Å². The van der Waals surface area contributed by atoms with Gasteiger partial charge in [-0.1, -0.05) is 17.8 Å². The largest absolute Gasteiger partial charge is 0.358 e. The number of rotatable bonds is 4. The summed E-state index contributed by atoms with van der Waals surface area (Å²) >= 11 is 1.43. The summed E-state index contributed by atoms with van der Waals surface area (Å²) in [6, 6.07) is 6.36. The van der Waals surface area contributed by atoms with Crippen molar-refractivity contribution >= 4 is 17.7 Å². The predicted molar refractivity (Wildman–Crippen MR) is 77.8 cm³/mol. The van der Waals surface area contributed by atoms with Crippen LogP contribution >= 0.6 is 11.8 Å². The van der Waals surface area contributed by atoms with E-state index in [1.807, 2.05) is 10.8 Å². The van der Waals surface area contributed by atoms with E-state index in [9.17, 15) is 4.79 Å². The van der Waals surface area contributed by atoms with Gasteiger partial charge in [-0.3, -0.25) is 9.36 Å². The third-order valence-electron chi connectivity index (χ3n) is 2.70. The van der Waals surface area contributed by atoms with Crippen LogP contribution in [0.4, 0.5) is 0 Å². The Hall–Kier alpha value is -1.75. The van der Waals surface area contributed by atoms with E-state index in [4.69, 9.17) is 0 Å². The smallest absolute Gasteiger partial charge is 0.230 e. The first-order valence-corrected chi connectivity index (χ1v) is 7.04. The quantitative estimate of drug-likeness (QED) is 0.871. The van der Waals surface area contributed by atoms with Crippen LogP contribution < -0.4 is 5.32 Å². The highest BCUT2D eigenvalue weighted by Gasteiger charge is 2.08. The lowest BCUT2D eigenvalue weighted by molar-refractivity contribution is -0.118. The van der Waals surface area contributed by atoms with Crippen molar-refractivity contribution in [1.29, 1.82) is 0 Å². The van der Waals surface area contributed by atoms with Crippen molar-refractivity contribution < 1.29 is 4.79 Å². The number of carbonyl (C=O) groups excluding carboxylic acids is 1. The van der Waals surface area contributed by atoms with Gasteiger partial charge in [-0.15, -0.1) is 0 Å². The number of amides is 1. The molecule has 0 spiro atoms. The molecule has 0 bridgehead atoms. The molecule has 1 amide bonds. The molecule has 5 heteroatoms. The van der Waals surface area contributed by atoms with E-state index in [-0.39, 0.29) is 5.91 Å². The molecule has 0 saturated heterocycles. The Morgan fingerprint density at radius 3 is 2.63 bits per heavy atom. The van der Waals surface area contributed by atoms with Crippen molar-refractivity contribution in [3.8, 4) is 5.69 Å². The Morgan fingerprint density at radius 2 is 2.00 bits per heavy atom. The highest BCUT2D eigenvalue weighted by Crippen LogP contribution is 2.21. The van der Waals surface area contributed by atoms with E-state index < -0.39 is 0 Å². The molecule has 0 aliphatic heterocycles.